The monoisotopic (exact) mass is 445 g/mol. The molecule has 1 atom stereocenters. The topological polar surface area (TPSA) is 99.7 Å². The van der Waals surface area contributed by atoms with Gasteiger partial charge in [-0.05, 0) is 36.4 Å². The highest BCUT2D eigenvalue weighted by Crippen LogP contribution is 2.31. The van der Waals surface area contributed by atoms with E-state index in [0.717, 1.165) is 12.1 Å². The van der Waals surface area contributed by atoms with Gasteiger partial charge in [-0.25, -0.2) is 4.79 Å². The van der Waals surface area contributed by atoms with Crippen molar-refractivity contribution in [2.75, 3.05) is 23.8 Å². The van der Waals surface area contributed by atoms with Crippen LogP contribution >= 0.6 is 11.6 Å². The Morgan fingerprint density at radius 1 is 1.17 bits per heavy atom. The predicted octanol–water partition coefficient (Wildman–Crippen LogP) is 3.88. The highest BCUT2D eigenvalue weighted by atomic mass is 35.5. The summed E-state index contributed by atoms with van der Waals surface area (Å²) in [5, 5.41) is 17.5. The van der Waals surface area contributed by atoms with Crippen molar-refractivity contribution in [1.82, 2.24) is 5.32 Å². The molecule has 2 aromatic carbocycles. The fourth-order valence-corrected chi connectivity index (χ4v) is 2.52. The molecule has 0 aliphatic rings. The van der Waals surface area contributed by atoms with Crippen molar-refractivity contribution in [2.24, 2.45) is 0 Å². The van der Waals surface area contributed by atoms with E-state index >= 15 is 0 Å². The molecule has 30 heavy (non-hydrogen) atoms. The maximum Gasteiger partial charge on any atom is 0.416 e. The average molecular weight is 446 g/mol. The molecule has 0 aromatic heterocycles. The van der Waals surface area contributed by atoms with E-state index in [1.807, 2.05) is 0 Å². The zero-order valence-corrected chi connectivity index (χ0v) is 16.5. The smallest absolute Gasteiger partial charge is 0.416 e. The van der Waals surface area contributed by atoms with E-state index in [1.165, 1.54) is 31.2 Å². The van der Waals surface area contributed by atoms with Crippen LogP contribution in [0.1, 0.15) is 12.5 Å². The van der Waals surface area contributed by atoms with Gasteiger partial charge in [-0.2, -0.15) is 13.2 Å². The van der Waals surface area contributed by atoms with Crippen LogP contribution in [-0.2, 0) is 11.0 Å². The minimum atomic E-state index is -4.50. The largest absolute Gasteiger partial charge is 0.491 e. The van der Waals surface area contributed by atoms with Crippen molar-refractivity contribution in [1.29, 1.82) is 0 Å². The Hall–Kier alpha value is -2.98. The number of nitrogens with one attached hydrogen (secondary N) is 3. The van der Waals surface area contributed by atoms with Crippen molar-refractivity contribution < 1.29 is 32.6 Å². The fraction of sp³-hybridized carbons (Fsp3) is 0.263. The number of urea groups is 1. The summed E-state index contributed by atoms with van der Waals surface area (Å²) < 4.78 is 43.2. The van der Waals surface area contributed by atoms with E-state index in [-0.39, 0.29) is 35.5 Å². The molecular formula is C19H19ClF3N3O4. The Labute approximate surface area is 175 Å². The molecule has 0 spiro atoms. The first-order valence-electron chi connectivity index (χ1n) is 8.64. The average Bonchev–Trinajstić information content (AvgIpc) is 2.66. The Balaban J connectivity index is 1.80. The van der Waals surface area contributed by atoms with Crippen LogP contribution in [0.5, 0.6) is 5.75 Å². The van der Waals surface area contributed by atoms with Gasteiger partial charge >= 0.3 is 12.2 Å². The molecule has 0 fully saturated rings. The summed E-state index contributed by atoms with van der Waals surface area (Å²) in [6.07, 6.45) is -5.66. The number of aliphatic hydroxyl groups is 1. The van der Waals surface area contributed by atoms with Crippen LogP contribution in [-0.4, -0.2) is 36.3 Å². The van der Waals surface area contributed by atoms with Gasteiger partial charge in [0.1, 0.15) is 18.5 Å². The molecule has 0 bridgehead atoms. The fourth-order valence-electron chi connectivity index (χ4n) is 2.29. The Morgan fingerprint density at radius 2 is 1.90 bits per heavy atom. The number of hydrogen-bond acceptors (Lipinski definition) is 4. The van der Waals surface area contributed by atoms with Gasteiger partial charge in [0, 0.05) is 19.2 Å². The van der Waals surface area contributed by atoms with Gasteiger partial charge in [0.15, 0.2) is 0 Å². The second-order valence-corrected chi connectivity index (χ2v) is 6.61. The second kappa shape index (κ2) is 10.2. The molecule has 7 nitrogen and oxygen atoms in total. The molecule has 0 aliphatic heterocycles. The van der Waals surface area contributed by atoms with E-state index in [2.05, 4.69) is 16.0 Å². The lowest BCUT2D eigenvalue weighted by atomic mass is 10.2. The Bertz CT molecular complexity index is 909. The van der Waals surface area contributed by atoms with Crippen molar-refractivity contribution in [3.8, 4) is 5.75 Å². The molecule has 4 N–H and O–H groups in total. The molecule has 2 aromatic rings. The third-order valence-electron chi connectivity index (χ3n) is 3.64. The number of anilines is 2. The van der Waals surface area contributed by atoms with Gasteiger partial charge in [-0.3, -0.25) is 4.79 Å². The van der Waals surface area contributed by atoms with Crippen molar-refractivity contribution in [2.45, 2.75) is 19.2 Å². The van der Waals surface area contributed by atoms with Crippen molar-refractivity contribution in [3.63, 3.8) is 0 Å². The predicted molar refractivity (Wildman–Crippen MR) is 106 cm³/mol. The van der Waals surface area contributed by atoms with E-state index in [1.54, 1.807) is 6.07 Å². The summed E-state index contributed by atoms with van der Waals surface area (Å²) in [7, 11) is 0. The van der Waals surface area contributed by atoms with Crippen LogP contribution in [0.25, 0.3) is 0 Å². The van der Waals surface area contributed by atoms with Crippen LogP contribution in [0.2, 0.25) is 5.02 Å². The quantitative estimate of drug-likeness (QED) is 0.519. The maximum atomic E-state index is 12.7. The number of ether oxygens (including phenoxy) is 1. The lowest BCUT2D eigenvalue weighted by Crippen LogP contribution is -2.37. The molecule has 3 amide bonds. The van der Waals surface area contributed by atoms with Gasteiger partial charge in [-0.1, -0.05) is 17.7 Å². The maximum absolute atomic E-state index is 12.7. The van der Waals surface area contributed by atoms with Crippen LogP contribution in [0.15, 0.2) is 42.5 Å². The third-order valence-corrected chi connectivity index (χ3v) is 3.95. The third kappa shape index (κ3) is 7.45. The van der Waals surface area contributed by atoms with Gasteiger partial charge in [0.2, 0.25) is 5.91 Å². The van der Waals surface area contributed by atoms with Gasteiger partial charge in [-0.15, -0.1) is 0 Å². The Kier molecular flexibility index (Phi) is 7.90. The molecule has 1 unspecified atom stereocenters. The summed E-state index contributed by atoms with van der Waals surface area (Å²) in [5.41, 5.74) is -0.132. The molecule has 0 saturated carbocycles. The Morgan fingerprint density at radius 3 is 2.53 bits per heavy atom. The summed E-state index contributed by atoms with van der Waals surface area (Å²) in [5.74, 6) is -0.328. The SMILES string of the molecule is CC(=O)Nc1ccc(NC(=O)NCC(O)COc2cccc(C(F)(F)F)c2)c(Cl)c1. The molecule has 162 valence electrons. The number of carbonyl (C=O) groups is 2. The minimum Gasteiger partial charge on any atom is -0.491 e. The number of alkyl halides is 3. The molecule has 0 aliphatic carbocycles. The van der Waals surface area contributed by atoms with Crippen molar-refractivity contribution >= 4 is 34.9 Å². The lowest BCUT2D eigenvalue weighted by Gasteiger charge is -2.15. The highest BCUT2D eigenvalue weighted by Gasteiger charge is 2.30. The minimum absolute atomic E-state index is 0.0561. The zero-order chi connectivity index (χ0) is 22.3. The first-order chi connectivity index (χ1) is 14.0. The molecule has 11 heteroatoms. The molecule has 0 saturated heterocycles. The lowest BCUT2D eigenvalue weighted by molar-refractivity contribution is -0.137. The summed E-state index contributed by atoms with van der Waals surface area (Å²) >= 11 is 6.04. The molecular weight excluding hydrogens is 427 g/mol. The number of aliphatic hydroxyl groups excluding tert-OH is 1. The van der Waals surface area contributed by atoms with E-state index in [4.69, 9.17) is 16.3 Å². The zero-order valence-electron chi connectivity index (χ0n) is 15.7. The summed E-state index contributed by atoms with van der Waals surface area (Å²) in [6.45, 7) is 0.801. The number of hydrogen-bond donors (Lipinski definition) is 4. The van der Waals surface area contributed by atoms with E-state index in [0.29, 0.717) is 5.69 Å². The first-order valence-corrected chi connectivity index (χ1v) is 9.02. The molecule has 2 rings (SSSR count). The van der Waals surface area contributed by atoms with Crippen LogP contribution in [0, 0.1) is 0 Å². The number of halogens is 4. The first kappa shape index (κ1) is 23.3. The van der Waals surface area contributed by atoms with Crippen LogP contribution in [0.3, 0.4) is 0 Å². The van der Waals surface area contributed by atoms with Gasteiger partial charge in [0.25, 0.3) is 0 Å². The normalized spacial score (nSPS) is 12.1. The molecule has 0 radical (unpaired) electrons. The highest BCUT2D eigenvalue weighted by molar-refractivity contribution is 6.34. The van der Waals surface area contributed by atoms with E-state index in [9.17, 15) is 27.9 Å². The number of carbonyl (C=O) groups excluding carboxylic acids is 2. The molecule has 0 heterocycles. The number of rotatable bonds is 7. The second-order valence-electron chi connectivity index (χ2n) is 6.20. The summed E-state index contributed by atoms with van der Waals surface area (Å²) in [4.78, 5) is 23.0. The van der Waals surface area contributed by atoms with Crippen LogP contribution < -0.4 is 20.7 Å². The van der Waals surface area contributed by atoms with E-state index < -0.39 is 23.9 Å². The van der Waals surface area contributed by atoms with Crippen molar-refractivity contribution in [3.05, 3.63) is 53.1 Å². The van der Waals surface area contributed by atoms with Gasteiger partial charge < -0.3 is 25.8 Å². The standard InChI is InChI=1S/C19H19ClF3N3O4/c1-11(27)25-13-5-6-17(16(20)8-13)26-18(29)24-9-14(28)10-30-15-4-2-3-12(7-15)19(21,22)23/h2-8,14,28H,9-10H2,1H3,(H,25,27)(H2,24,26,29). The number of benzene rings is 2. The number of amides is 3. The summed E-state index contributed by atoms with van der Waals surface area (Å²) in [6, 6.07) is 8.06. The van der Waals surface area contributed by atoms with Crippen LogP contribution in [0.4, 0.5) is 29.3 Å². The van der Waals surface area contributed by atoms with Gasteiger partial charge in [0.05, 0.1) is 16.3 Å².